The summed E-state index contributed by atoms with van der Waals surface area (Å²) < 4.78 is 22.2. The molecule has 0 heterocycles. The molecule has 0 aliphatic heterocycles. The van der Waals surface area contributed by atoms with Crippen LogP contribution < -0.4 is 5.32 Å². The highest BCUT2D eigenvalue weighted by atomic mass is 35.5. The van der Waals surface area contributed by atoms with Crippen LogP contribution in [0.3, 0.4) is 0 Å². The number of hydrogen-bond donors (Lipinski definition) is 1. The molecule has 0 aromatic heterocycles. The summed E-state index contributed by atoms with van der Waals surface area (Å²) in [6.07, 6.45) is 1.17. The summed E-state index contributed by atoms with van der Waals surface area (Å²) in [7, 11) is -3.05. The number of sulfone groups is 1. The Morgan fingerprint density at radius 2 is 2.18 bits per heavy atom. The second-order valence-corrected chi connectivity index (χ2v) is 6.50. The van der Waals surface area contributed by atoms with Crippen LogP contribution in [0.15, 0.2) is 18.2 Å². The molecule has 0 saturated carbocycles. The van der Waals surface area contributed by atoms with Crippen molar-refractivity contribution in [2.24, 2.45) is 0 Å². The molecule has 1 rings (SSSR count). The summed E-state index contributed by atoms with van der Waals surface area (Å²) in [6.45, 7) is 1.74. The van der Waals surface area contributed by atoms with Crippen LogP contribution in [-0.4, -0.2) is 26.5 Å². The van der Waals surface area contributed by atoms with Gasteiger partial charge in [0.1, 0.15) is 15.9 Å². The van der Waals surface area contributed by atoms with Gasteiger partial charge in [-0.1, -0.05) is 17.7 Å². The van der Waals surface area contributed by atoms with E-state index < -0.39 is 9.84 Å². The highest BCUT2D eigenvalue weighted by molar-refractivity contribution is 7.90. The fourth-order valence-electron chi connectivity index (χ4n) is 1.52. The summed E-state index contributed by atoms with van der Waals surface area (Å²) in [5.74, 6) is 0.00435. The van der Waals surface area contributed by atoms with Gasteiger partial charge < -0.3 is 5.32 Å². The van der Waals surface area contributed by atoms with Crippen LogP contribution >= 0.6 is 11.6 Å². The van der Waals surface area contributed by atoms with Gasteiger partial charge >= 0.3 is 0 Å². The molecule has 0 spiro atoms. The van der Waals surface area contributed by atoms with Crippen molar-refractivity contribution in [1.29, 1.82) is 5.26 Å². The molecule has 1 atom stereocenters. The van der Waals surface area contributed by atoms with E-state index >= 15 is 0 Å². The first-order chi connectivity index (χ1) is 7.83. The number of hydrogen-bond acceptors (Lipinski definition) is 4. The molecule has 0 saturated heterocycles. The van der Waals surface area contributed by atoms with Crippen LogP contribution in [0.2, 0.25) is 5.02 Å². The van der Waals surface area contributed by atoms with E-state index in [2.05, 4.69) is 5.32 Å². The minimum absolute atomic E-state index is 0.00435. The summed E-state index contributed by atoms with van der Waals surface area (Å²) in [6, 6.07) is 6.73. The summed E-state index contributed by atoms with van der Waals surface area (Å²) >= 11 is 5.87. The molecule has 1 unspecified atom stereocenters. The largest absolute Gasteiger partial charge is 0.380 e. The van der Waals surface area contributed by atoms with E-state index in [1.807, 2.05) is 6.07 Å². The molecule has 1 aromatic carbocycles. The number of rotatable bonds is 4. The molecular weight excluding hydrogens is 260 g/mol. The lowest BCUT2D eigenvalue weighted by molar-refractivity contribution is 0.598. The molecule has 4 nitrogen and oxygen atoms in total. The Hall–Kier alpha value is -1.25. The number of nitrogens with one attached hydrogen (secondary N) is 1. The van der Waals surface area contributed by atoms with Crippen LogP contribution in [0, 0.1) is 11.3 Å². The highest BCUT2D eigenvalue weighted by Gasteiger charge is 2.13. The second-order valence-electron chi connectivity index (χ2n) is 3.91. The molecule has 6 heteroatoms. The summed E-state index contributed by atoms with van der Waals surface area (Å²) in [5, 5.41) is 12.3. The first-order valence-corrected chi connectivity index (χ1v) is 7.40. The molecule has 0 fully saturated rings. The van der Waals surface area contributed by atoms with E-state index in [4.69, 9.17) is 16.9 Å². The SMILES string of the molecule is CC(CS(C)(=O)=O)Nc1cccc(Cl)c1C#N. The predicted molar refractivity (Wildman–Crippen MR) is 69.0 cm³/mol. The van der Waals surface area contributed by atoms with Crippen molar-refractivity contribution < 1.29 is 8.42 Å². The second kappa shape index (κ2) is 5.39. The van der Waals surface area contributed by atoms with Gasteiger partial charge in [0.25, 0.3) is 0 Å². The first kappa shape index (κ1) is 13.8. The molecule has 0 radical (unpaired) electrons. The van der Waals surface area contributed by atoms with Gasteiger partial charge in [-0.3, -0.25) is 0 Å². The molecular formula is C11H13ClN2O2S. The van der Waals surface area contributed by atoms with Crippen molar-refractivity contribution in [3.05, 3.63) is 28.8 Å². The fraction of sp³-hybridized carbons (Fsp3) is 0.364. The quantitative estimate of drug-likeness (QED) is 0.911. The van der Waals surface area contributed by atoms with Crippen molar-refractivity contribution >= 4 is 27.1 Å². The highest BCUT2D eigenvalue weighted by Crippen LogP contribution is 2.23. The number of halogens is 1. The van der Waals surface area contributed by atoms with E-state index in [0.717, 1.165) is 0 Å². The van der Waals surface area contributed by atoms with Gasteiger partial charge in [-0.2, -0.15) is 5.26 Å². The van der Waals surface area contributed by atoms with Gasteiger partial charge in [0, 0.05) is 12.3 Å². The van der Waals surface area contributed by atoms with Gasteiger partial charge in [0.05, 0.1) is 22.0 Å². The van der Waals surface area contributed by atoms with Crippen LogP contribution in [-0.2, 0) is 9.84 Å². The Morgan fingerprint density at radius 3 is 2.71 bits per heavy atom. The third-order valence-corrected chi connectivity index (χ3v) is 3.50. The van der Waals surface area contributed by atoms with E-state index in [0.29, 0.717) is 16.3 Å². The van der Waals surface area contributed by atoms with E-state index in [9.17, 15) is 8.42 Å². The average Bonchev–Trinajstić information content (AvgIpc) is 2.14. The maximum Gasteiger partial charge on any atom is 0.149 e. The van der Waals surface area contributed by atoms with Crippen LogP contribution in [0.4, 0.5) is 5.69 Å². The van der Waals surface area contributed by atoms with Crippen LogP contribution in [0.5, 0.6) is 0 Å². The lowest BCUT2D eigenvalue weighted by atomic mass is 10.2. The summed E-state index contributed by atoms with van der Waals surface area (Å²) in [4.78, 5) is 0. The Balaban J connectivity index is 2.90. The number of anilines is 1. The van der Waals surface area contributed by atoms with Gasteiger partial charge in [0.2, 0.25) is 0 Å². The number of nitrogens with zero attached hydrogens (tertiary/aromatic N) is 1. The van der Waals surface area contributed by atoms with Gasteiger partial charge in [-0.15, -0.1) is 0 Å². The molecule has 0 aliphatic carbocycles. The van der Waals surface area contributed by atoms with Gasteiger partial charge in [-0.25, -0.2) is 8.42 Å². The maximum atomic E-state index is 11.1. The van der Waals surface area contributed by atoms with Crippen molar-refractivity contribution in [2.45, 2.75) is 13.0 Å². The standard InChI is InChI=1S/C11H13ClN2O2S/c1-8(7-17(2,15)16)14-11-5-3-4-10(12)9(11)6-13/h3-5,8,14H,7H2,1-2H3. The van der Waals surface area contributed by atoms with E-state index in [-0.39, 0.29) is 11.8 Å². The average molecular weight is 273 g/mol. The molecule has 1 aromatic rings. The fourth-order valence-corrected chi connectivity index (χ4v) is 2.73. The van der Waals surface area contributed by atoms with E-state index in [1.54, 1.807) is 25.1 Å². The van der Waals surface area contributed by atoms with Crippen LogP contribution in [0.1, 0.15) is 12.5 Å². The zero-order valence-corrected chi connectivity index (χ0v) is 11.1. The van der Waals surface area contributed by atoms with Crippen molar-refractivity contribution in [3.63, 3.8) is 0 Å². The smallest absolute Gasteiger partial charge is 0.149 e. The van der Waals surface area contributed by atoms with Gasteiger partial charge in [0.15, 0.2) is 0 Å². The maximum absolute atomic E-state index is 11.1. The van der Waals surface area contributed by atoms with Crippen LogP contribution in [0.25, 0.3) is 0 Å². The Kier molecular flexibility index (Phi) is 4.38. The van der Waals surface area contributed by atoms with Crippen molar-refractivity contribution in [3.8, 4) is 6.07 Å². The topological polar surface area (TPSA) is 70.0 Å². The molecule has 1 N–H and O–H groups in total. The van der Waals surface area contributed by atoms with E-state index in [1.165, 1.54) is 6.26 Å². The Morgan fingerprint density at radius 1 is 1.53 bits per heavy atom. The molecule has 17 heavy (non-hydrogen) atoms. The minimum atomic E-state index is -3.05. The number of nitriles is 1. The number of benzene rings is 1. The molecule has 0 amide bonds. The third kappa shape index (κ3) is 4.25. The Bertz CT molecular complexity index is 549. The Labute approximate surface area is 106 Å². The van der Waals surface area contributed by atoms with Gasteiger partial charge in [-0.05, 0) is 19.1 Å². The lowest BCUT2D eigenvalue weighted by Gasteiger charge is -2.15. The predicted octanol–water partition coefficient (Wildman–Crippen LogP) is 2.06. The summed E-state index contributed by atoms with van der Waals surface area (Å²) in [5.41, 5.74) is 0.880. The van der Waals surface area contributed by atoms with Crippen molar-refractivity contribution in [2.75, 3.05) is 17.3 Å². The zero-order chi connectivity index (χ0) is 13.1. The minimum Gasteiger partial charge on any atom is -0.380 e. The van der Waals surface area contributed by atoms with Crippen molar-refractivity contribution in [1.82, 2.24) is 0 Å². The molecule has 0 aliphatic rings. The molecule has 92 valence electrons. The lowest BCUT2D eigenvalue weighted by Crippen LogP contribution is -2.25. The molecule has 0 bridgehead atoms. The first-order valence-electron chi connectivity index (χ1n) is 4.96. The zero-order valence-electron chi connectivity index (χ0n) is 9.57. The normalized spacial score (nSPS) is 12.8. The monoisotopic (exact) mass is 272 g/mol. The third-order valence-electron chi connectivity index (χ3n) is 2.08.